The van der Waals surface area contributed by atoms with Crippen molar-refractivity contribution in [2.24, 2.45) is 0 Å². The molecule has 0 aliphatic carbocycles. The van der Waals surface area contributed by atoms with E-state index in [2.05, 4.69) is 33.9 Å². The third kappa shape index (κ3) is 3.40. The Labute approximate surface area is 133 Å². The SMILES string of the molecule is CC1(C)O[C@H]2O[C@H](C(O)CO)[C@H](O[Si](C)(C)C(C)(C)C)[C@H]2O1. The zero-order chi connectivity index (χ0) is 16.9. The van der Waals surface area contributed by atoms with Crippen LogP contribution < -0.4 is 0 Å². The van der Waals surface area contributed by atoms with Gasteiger partial charge in [0.15, 0.2) is 20.4 Å². The van der Waals surface area contributed by atoms with Crippen LogP contribution >= 0.6 is 0 Å². The van der Waals surface area contributed by atoms with Gasteiger partial charge in [-0.1, -0.05) is 20.8 Å². The van der Waals surface area contributed by atoms with Crippen LogP contribution in [0.1, 0.15) is 34.6 Å². The van der Waals surface area contributed by atoms with E-state index in [0.29, 0.717) is 0 Å². The zero-order valence-corrected chi connectivity index (χ0v) is 15.6. The quantitative estimate of drug-likeness (QED) is 0.761. The van der Waals surface area contributed by atoms with Crippen molar-refractivity contribution in [3.63, 3.8) is 0 Å². The molecule has 22 heavy (non-hydrogen) atoms. The lowest BCUT2D eigenvalue weighted by molar-refractivity contribution is -0.226. The molecule has 2 aliphatic heterocycles. The van der Waals surface area contributed by atoms with Gasteiger partial charge >= 0.3 is 0 Å². The van der Waals surface area contributed by atoms with E-state index in [1.165, 1.54) is 0 Å². The molecule has 0 saturated carbocycles. The van der Waals surface area contributed by atoms with E-state index in [0.717, 1.165) is 0 Å². The molecule has 2 fully saturated rings. The van der Waals surface area contributed by atoms with Gasteiger partial charge in [0.1, 0.15) is 24.4 Å². The van der Waals surface area contributed by atoms with E-state index in [4.69, 9.17) is 18.6 Å². The largest absolute Gasteiger partial charge is 0.408 e. The summed E-state index contributed by atoms with van der Waals surface area (Å²) in [6, 6.07) is 0. The van der Waals surface area contributed by atoms with E-state index in [1.54, 1.807) is 0 Å². The van der Waals surface area contributed by atoms with Gasteiger partial charge in [0.2, 0.25) is 0 Å². The maximum Gasteiger partial charge on any atom is 0.192 e. The molecule has 2 N–H and O–H groups in total. The fourth-order valence-electron chi connectivity index (χ4n) is 2.57. The van der Waals surface area contributed by atoms with Crippen LogP contribution in [-0.2, 0) is 18.6 Å². The summed E-state index contributed by atoms with van der Waals surface area (Å²) in [6.45, 7) is 14.0. The van der Waals surface area contributed by atoms with Gasteiger partial charge in [-0.2, -0.15) is 0 Å². The topological polar surface area (TPSA) is 77.4 Å². The molecular weight excluding hydrogens is 304 g/mol. The molecule has 1 unspecified atom stereocenters. The van der Waals surface area contributed by atoms with Gasteiger partial charge < -0.3 is 28.8 Å². The van der Waals surface area contributed by atoms with Gasteiger partial charge in [-0.05, 0) is 32.0 Å². The highest BCUT2D eigenvalue weighted by Gasteiger charge is 2.58. The first kappa shape index (κ1) is 18.3. The summed E-state index contributed by atoms with van der Waals surface area (Å²) in [5.74, 6) is -0.737. The van der Waals surface area contributed by atoms with Gasteiger partial charge in [0, 0.05) is 0 Å². The molecule has 6 nitrogen and oxygen atoms in total. The maximum absolute atomic E-state index is 10.1. The van der Waals surface area contributed by atoms with E-state index in [-0.39, 0.29) is 11.6 Å². The zero-order valence-electron chi connectivity index (χ0n) is 14.6. The first-order valence-electron chi connectivity index (χ1n) is 7.86. The van der Waals surface area contributed by atoms with Crippen molar-refractivity contribution in [3.05, 3.63) is 0 Å². The normalized spacial score (nSPS) is 36.4. The Morgan fingerprint density at radius 3 is 2.32 bits per heavy atom. The summed E-state index contributed by atoms with van der Waals surface area (Å²) in [6.07, 6.45) is -3.08. The van der Waals surface area contributed by atoms with Crippen LogP contribution in [0.25, 0.3) is 0 Å². The number of hydrogen-bond donors (Lipinski definition) is 2. The standard InChI is InChI=1S/C15H30O6Si/c1-14(2,3)22(6,7)21-11-10(9(17)8-16)18-13-12(11)19-15(4,5)20-13/h9-13,16-17H,8H2,1-7H3/t9?,10-,11+,12-,13-/m1/s1. The van der Waals surface area contributed by atoms with E-state index in [1.807, 2.05) is 13.8 Å². The number of hydrogen-bond acceptors (Lipinski definition) is 6. The van der Waals surface area contributed by atoms with Crippen molar-refractivity contribution in [1.82, 2.24) is 0 Å². The lowest BCUT2D eigenvalue weighted by Crippen LogP contribution is -2.52. The minimum atomic E-state index is -2.08. The van der Waals surface area contributed by atoms with Crippen molar-refractivity contribution in [3.8, 4) is 0 Å². The Kier molecular flexibility index (Phi) is 4.83. The lowest BCUT2D eigenvalue weighted by Gasteiger charge is -2.41. The number of aliphatic hydroxyl groups is 2. The maximum atomic E-state index is 10.1. The second kappa shape index (κ2) is 5.80. The van der Waals surface area contributed by atoms with Gasteiger partial charge in [-0.3, -0.25) is 0 Å². The average Bonchev–Trinajstić information content (AvgIpc) is 2.80. The molecule has 0 aromatic rings. The molecule has 2 rings (SSSR count). The predicted octanol–water partition coefficient (Wildman–Crippen LogP) is 1.61. The molecule has 0 radical (unpaired) electrons. The molecule has 0 aromatic carbocycles. The summed E-state index contributed by atoms with van der Waals surface area (Å²) in [5.41, 5.74) is 0. The number of aliphatic hydroxyl groups excluding tert-OH is 2. The third-order valence-corrected chi connectivity index (χ3v) is 9.30. The van der Waals surface area contributed by atoms with Gasteiger partial charge in [-0.25, -0.2) is 0 Å². The summed E-state index contributed by atoms with van der Waals surface area (Å²) >= 11 is 0. The first-order chi connectivity index (χ1) is 9.88. The van der Waals surface area contributed by atoms with Crippen LogP contribution in [0.3, 0.4) is 0 Å². The summed E-state index contributed by atoms with van der Waals surface area (Å²) in [4.78, 5) is 0. The molecular formula is C15H30O6Si. The number of ether oxygens (including phenoxy) is 3. The van der Waals surface area contributed by atoms with Crippen LogP contribution in [-0.4, -0.2) is 61.6 Å². The molecule has 2 heterocycles. The highest BCUT2D eigenvalue weighted by Crippen LogP contribution is 2.44. The monoisotopic (exact) mass is 334 g/mol. The second-order valence-electron chi connectivity index (χ2n) is 8.16. The van der Waals surface area contributed by atoms with E-state index < -0.39 is 44.8 Å². The van der Waals surface area contributed by atoms with Crippen LogP contribution in [0.5, 0.6) is 0 Å². The van der Waals surface area contributed by atoms with Crippen molar-refractivity contribution in [1.29, 1.82) is 0 Å². The van der Waals surface area contributed by atoms with Gasteiger partial charge in [0.25, 0.3) is 0 Å². The van der Waals surface area contributed by atoms with Crippen molar-refractivity contribution < 1.29 is 28.8 Å². The Morgan fingerprint density at radius 1 is 1.23 bits per heavy atom. The smallest absolute Gasteiger partial charge is 0.192 e. The summed E-state index contributed by atoms with van der Waals surface area (Å²) < 4.78 is 23.9. The molecule has 2 saturated heterocycles. The molecule has 130 valence electrons. The Bertz CT molecular complexity index is 405. The lowest BCUT2D eigenvalue weighted by atomic mass is 10.1. The molecule has 0 spiro atoms. The number of fused-ring (bicyclic) bond motifs is 1. The molecule has 0 amide bonds. The van der Waals surface area contributed by atoms with Crippen LogP contribution in [0.15, 0.2) is 0 Å². The van der Waals surface area contributed by atoms with Crippen LogP contribution in [0, 0.1) is 0 Å². The van der Waals surface area contributed by atoms with E-state index >= 15 is 0 Å². The Balaban J connectivity index is 2.23. The first-order valence-corrected chi connectivity index (χ1v) is 10.8. The Hall–Kier alpha value is -0.0231. The van der Waals surface area contributed by atoms with Crippen LogP contribution in [0.2, 0.25) is 18.1 Å². The predicted molar refractivity (Wildman–Crippen MR) is 83.9 cm³/mol. The fraction of sp³-hybridized carbons (Fsp3) is 1.00. The highest BCUT2D eigenvalue weighted by molar-refractivity contribution is 6.74. The molecule has 2 aliphatic rings. The third-order valence-electron chi connectivity index (χ3n) is 4.83. The minimum absolute atomic E-state index is 0.0226. The number of rotatable bonds is 4. The fourth-order valence-corrected chi connectivity index (χ4v) is 3.87. The highest BCUT2D eigenvalue weighted by atomic mass is 28.4. The molecule has 0 aromatic heterocycles. The summed E-state index contributed by atoms with van der Waals surface area (Å²) in [5, 5.41) is 19.4. The molecule has 7 heteroatoms. The van der Waals surface area contributed by atoms with Crippen LogP contribution in [0.4, 0.5) is 0 Å². The van der Waals surface area contributed by atoms with Gasteiger partial charge in [-0.15, -0.1) is 0 Å². The Morgan fingerprint density at radius 2 is 1.82 bits per heavy atom. The van der Waals surface area contributed by atoms with Gasteiger partial charge in [0.05, 0.1) is 6.61 Å². The molecule has 0 bridgehead atoms. The minimum Gasteiger partial charge on any atom is -0.408 e. The average molecular weight is 334 g/mol. The van der Waals surface area contributed by atoms with Crippen molar-refractivity contribution in [2.75, 3.05) is 6.61 Å². The summed E-state index contributed by atoms with van der Waals surface area (Å²) in [7, 11) is -2.08. The van der Waals surface area contributed by atoms with E-state index in [9.17, 15) is 10.2 Å². The van der Waals surface area contributed by atoms with Crippen molar-refractivity contribution in [2.45, 2.75) is 89.2 Å². The second-order valence-corrected chi connectivity index (χ2v) is 12.9. The van der Waals surface area contributed by atoms with Crippen molar-refractivity contribution >= 4 is 8.32 Å². The molecule has 5 atom stereocenters.